The number of likely N-dealkylation sites (tertiary alicyclic amines) is 1. The Morgan fingerprint density at radius 1 is 1.29 bits per heavy atom. The zero-order valence-corrected chi connectivity index (χ0v) is 12.4. The molecule has 7 nitrogen and oxygen atoms in total. The number of unbranched alkanes of at least 4 members (excludes halogenated alkanes) is 1. The Bertz CT molecular complexity index is 430. The van der Waals surface area contributed by atoms with E-state index in [2.05, 4.69) is 17.1 Å². The first-order chi connectivity index (χ1) is 9.98. The maximum absolute atomic E-state index is 12.5. The lowest BCUT2D eigenvalue weighted by Crippen LogP contribution is -2.54. The van der Waals surface area contributed by atoms with Crippen LogP contribution in [-0.4, -0.2) is 64.5 Å². The summed E-state index contributed by atoms with van der Waals surface area (Å²) >= 11 is 0. The van der Waals surface area contributed by atoms with Crippen molar-refractivity contribution in [1.29, 1.82) is 0 Å². The molecule has 3 amide bonds. The zero-order chi connectivity index (χ0) is 15.5. The molecule has 0 aromatic rings. The number of carboxylic acid groups (broad SMARTS) is 1. The summed E-state index contributed by atoms with van der Waals surface area (Å²) in [5.41, 5.74) is -0.727. The molecule has 2 heterocycles. The largest absolute Gasteiger partial charge is 0.481 e. The van der Waals surface area contributed by atoms with Crippen LogP contribution in [0.5, 0.6) is 0 Å². The molecule has 118 valence electrons. The van der Waals surface area contributed by atoms with Crippen LogP contribution in [0.25, 0.3) is 0 Å². The summed E-state index contributed by atoms with van der Waals surface area (Å²) in [6.45, 7) is 4.97. The van der Waals surface area contributed by atoms with E-state index in [0.717, 1.165) is 19.6 Å². The van der Waals surface area contributed by atoms with Crippen LogP contribution >= 0.6 is 0 Å². The molecule has 0 radical (unpaired) electrons. The first-order valence-electron chi connectivity index (χ1n) is 7.57. The number of rotatable bonds is 6. The molecule has 0 aromatic heterocycles. The van der Waals surface area contributed by atoms with Gasteiger partial charge in [-0.05, 0) is 32.2 Å². The molecular weight excluding hydrogens is 274 g/mol. The lowest BCUT2D eigenvalue weighted by atomic mass is 9.87. The fraction of sp³-hybridized carbons (Fsp3) is 0.786. The number of aliphatic carboxylic acids is 1. The van der Waals surface area contributed by atoms with Crippen molar-refractivity contribution in [3.63, 3.8) is 0 Å². The average molecular weight is 297 g/mol. The Balaban J connectivity index is 1.89. The molecule has 0 unspecified atom stereocenters. The number of nitrogens with one attached hydrogen (secondary N) is 1. The smallest absolute Gasteiger partial charge is 0.325 e. The summed E-state index contributed by atoms with van der Waals surface area (Å²) < 4.78 is 0. The van der Waals surface area contributed by atoms with Crippen LogP contribution in [0, 0.1) is 0 Å². The molecule has 2 aliphatic heterocycles. The van der Waals surface area contributed by atoms with E-state index in [1.165, 1.54) is 4.90 Å². The van der Waals surface area contributed by atoms with Crippen molar-refractivity contribution in [2.75, 3.05) is 26.2 Å². The number of hydrogen-bond acceptors (Lipinski definition) is 4. The van der Waals surface area contributed by atoms with Gasteiger partial charge in [0.2, 0.25) is 0 Å². The van der Waals surface area contributed by atoms with Crippen LogP contribution in [0.2, 0.25) is 0 Å². The number of carbonyl (C=O) groups excluding carboxylic acids is 2. The quantitative estimate of drug-likeness (QED) is 0.555. The SMILES string of the molecule is CCN1CCC2(CC1)NC(=O)N(CCCCC(=O)O)C2=O. The van der Waals surface area contributed by atoms with Crippen LogP contribution in [-0.2, 0) is 9.59 Å². The van der Waals surface area contributed by atoms with E-state index >= 15 is 0 Å². The topological polar surface area (TPSA) is 90.0 Å². The third-order valence-corrected chi connectivity index (χ3v) is 4.43. The number of piperidine rings is 1. The van der Waals surface area contributed by atoms with Crippen molar-refractivity contribution >= 4 is 17.9 Å². The molecule has 21 heavy (non-hydrogen) atoms. The zero-order valence-electron chi connectivity index (χ0n) is 12.4. The predicted molar refractivity (Wildman–Crippen MR) is 75.8 cm³/mol. The van der Waals surface area contributed by atoms with Gasteiger partial charge in [0.15, 0.2) is 0 Å². The summed E-state index contributed by atoms with van der Waals surface area (Å²) in [4.78, 5) is 38.5. The minimum absolute atomic E-state index is 0.0697. The summed E-state index contributed by atoms with van der Waals surface area (Å²) in [6, 6.07) is -0.333. The van der Waals surface area contributed by atoms with Crippen molar-refractivity contribution in [2.24, 2.45) is 0 Å². The number of carboxylic acids is 1. The standard InChI is InChI=1S/C14H23N3O4/c1-2-16-9-6-14(7-10-16)12(20)17(13(21)15-14)8-4-3-5-11(18)19/h2-10H2,1H3,(H,15,21)(H,18,19). The Hall–Kier alpha value is -1.63. The predicted octanol–water partition coefficient (Wildman–Crippen LogP) is 0.648. The maximum atomic E-state index is 12.5. The first kappa shape index (κ1) is 15.8. The molecule has 2 saturated heterocycles. The van der Waals surface area contributed by atoms with E-state index in [1.807, 2.05) is 0 Å². The molecule has 0 saturated carbocycles. The second-order valence-corrected chi connectivity index (χ2v) is 5.75. The normalized spacial score (nSPS) is 21.9. The fourth-order valence-electron chi connectivity index (χ4n) is 3.02. The number of nitrogens with zero attached hydrogens (tertiary/aromatic N) is 2. The van der Waals surface area contributed by atoms with Crippen molar-refractivity contribution in [2.45, 2.75) is 44.6 Å². The van der Waals surface area contributed by atoms with E-state index in [-0.39, 0.29) is 18.4 Å². The highest BCUT2D eigenvalue weighted by atomic mass is 16.4. The van der Waals surface area contributed by atoms with Gasteiger partial charge < -0.3 is 15.3 Å². The van der Waals surface area contributed by atoms with E-state index in [9.17, 15) is 14.4 Å². The second kappa shape index (κ2) is 6.43. The van der Waals surface area contributed by atoms with Gasteiger partial charge in [-0.3, -0.25) is 14.5 Å². The Morgan fingerprint density at radius 2 is 1.95 bits per heavy atom. The minimum atomic E-state index is -0.851. The molecule has 1 spiro atoms. The third kappa shape index (κ3) is 3.34. The molecule has 2 rings (SSSR count). The fourth-order valence-corrected chi connectivity index (χ4v) is 3.02. The second-order valence-electron chi connectivity index (χ2n) is 5.75. The minimum Gasteiger partial charge on any atom is -0.481 e. The average Bonchev–Trinajstić information content (AvgIpc) is 2.68. The van der Waals surface area contributed by atoms with Crippen LogP contribution in [0.1, 0.15) is 39.0 Å². The molecule has 7 heteroatoms. The van der Waals surface area contributed by atoms with Gasteiger partial charge in [-0.25, -0.2) is 4.79 Å². The highest BCUT2D eigenvalue weighted by Crippen LogP contribution is 2.29. The van der Waals surface area contributed by atoms with E-state index < -0.39 is 11.5 Å². The Morgan fingerprint density at radius 3 is 2.52 bits per heavy atom. The van der Waals surface area contributed by atoms with Crippen molar-refractivity contribution in [1.82, 2.24) is 15.1 Å². The number of carbonyl (C=O) groups is 3. The lowest BCUT2D eigenvalue weighted by Gasteiger charge is -2.36. The molecule has 2 N–H and O–H groups in total. The van der Waals surface area contributed by atoms with Crippen LogP contribution in [0.15, 0.2) is 0 Å². The molecule has 0 atom stereocenters. The number of imide groups is 1. The number of urea groups is 1. The van der Waals surface area contributed by atoms with Crippen LogP contribution in [0.4, 0.5) is 4.79 Å². The lowest BCUT2D eigenvalue weighted by molar-refractivity contribution is -0.137. The highest BCUT2D eigenvalue weighted by molar-refractivity contribution is 6.07. The summed E-state index contributed by atoms with van der Waals surface area (Å²) in [5, 5.41) is 11.4. The van der Waals surface area contributed by atoms with Gasteiger partial charge >= 0.3 is 12.0 Å². The summed E-state index contributed by atoms with van der Waals surface area (Å²) in [5.74, 6) is -0.991. The van der Waals surface area contributed by atoms with Gasteiger partial charge in [0.1, 0.15) is 5.54 Å². The van der Waals surface area contributed by atoms with E-state index in [0.29, 0.717) is 32.2 Å². The maximum Gasteiger partial charge on any atom is 0.325 e. The van der Waals surface area contributed by atoms with Gasteiger partial charge in [0.05, 0.1) is 0 Å². The van der Waals surface area contributed by atoms with Crippen LogP contribution < -0.4 is 5.32 Å². The number of hydrogen-bond donors (Lipinski definition) is 2. The van der Waals surface area contributed by atoms with Crippen molar-refractivity contribution in [3.8, 4) is 0 Å². The Kier molecular flexibility index (Phi) is 4.82. The van der Waals surface area contributed by atoms with Gasteiger partial charge in [0, 0.05) is 26.1 Å². The van der Waals surface area contributed by atoms with E-state index in [4.69, 9.17) is 5.11 Å². The highest BCUT2D eigenvalue weighted by Gasteiger charge is 2.51. The molecule has 0 aliphatic carbocycles. The van der Waals surface area contributed by atoms with E-state index in [1.54, 1.807) is 0 Å². The third-order valence-electron chi connectivity index (χ3n) is 4.43. The van der Waals surface area contributed by atoms with Crippen molar-refractivity contribution in [3.05, 3.63) is 0 Å². The molecule has 0 bridgehead atoms. The van der Waals surface area contributed by atoms with Gasteiger partial charge in [0.25, 0.3) is 5.91 Å². The van der Waals surface area contributed by atoms with Gasteiger partial charge in [-0.1, -0.05) is 6.92 Å². The van der Waals surface area contributed by atoms with Gasteiger partial charge in [-0.15, -0.1) is 0 Å². The molecule has 2 fully saturated rings. The molecule has 2 aliphatic rings. The molecular formula is C14H23N3O4. The van der Waals surface area contributed by atoms with Gasteiger partial charge in [-0.2, -0.15) is 0 Å². The molecule has 0 aromatic carbocycles. The summed E-state index contributed by atoms with van der Waals surface area (Å²) in [7, 11) is 0. The van der Waals surface area contributed by atoms with Crippen LogP contribution in [0.3, 0.4) is 0 Å². The number of amides is 3. The summed E-state index contributed by atoms with van der Waals surface area (Å²) in [6.07, 6.45) is 2.37. The monoisotopic (exact) mass is 297 g/mol. The Labute approximate surface area is 124 Å². The first-order valence-corrected chi connectivity index (χ1v) is 7.57. The van der Waals surface area contributed by atoms with Crippen molar-refractivity contribution < 1.29 is 19.5 Å².